The van der Waals surface area contributed by atoms with Crippen LogP contribution >= 0.6 is 11.3 Å². The first kappa shape index (κ1) is 15.7. The highest BCUT2D eigenvalue weighted by Gasteiger charge is 2.20. The lowest BCUT2D eigenvalue weighted by Crippen LogP contribution is -2.26. The smallest absolute Gasteiger partial charge is 0.346 e. The largest absolute Gasteiger partial charge is 0.477 e. The first-order valence-corrected chi connectivity index (χ1v) is 7.60. The van der Waals surface area contributed by atoms with E-state index in [0.717, 1.165) is 23.1 Å². The lowest BCUT2D eigenvalue weighted by molar-refractivity contribution is 0.0701. The van der Waals surface area contributed by atoms with E-state index < -0.39 is 5.97 Å². The van der Waals surface area contributed by atoms with Gasteiger partial charge in [0.2, 0.25) is 0 Å². The first-order chi connectivity index (χ1) is 9.93. The molecule has 21 heavy (non-hydrogen) atoms. The lowest BCUT2D eigenvalue weighted by atomic mass is 10.0. The fourth-order valence-corrected chi connectivity index (χ4v) is 3.31. The topological polar surface area (TPSA) is 95.3 Å². The fraction of sp³-hybridized carbons (Fsp3) is 0.500. The number of aliphatic hydroxyl groups excluding tert-OH is 1. The van der Waals surface area contributed by atoms with Gasteiger partial charge in [-0.25, -0.2) is 14.8 Å². The van der Waals surface area contributed by atoms with Crippen LogP contribution in [0.2, 0.25) is 0 Å². The molecule has 0 radical (unpaired) electrons. The van der Waals surface area contributed by atoms with Crippen molar-refractivity contribution in [3.63, 3.8) is 0 Å². The second-order valence-electron chi connectivity index (χ2n) is 5.42. The van der Waals surface area contributed by atoms with Gasteiger partial charge in [-0.05, 0) is 24.8 Å². The molecule has 0 saturated carbocycles. The van der Waals surface area contributed by atoms with Crippen molar-refractivity contribution in [2.24, 2.45) is 5.92 Å². The highest BCUT2D eigenvalue weighted by Crippen LogP contribution is 2.33. The summed E-state index contributed by atoms with van der Waals surface area (Å²) in [5.41, 5.74) is 0.659. The zero-order valence-corrected chi connectivity index (χ0v) is 13.1. The van der Waals surface area contributed by atoms with Crippen LogP contribution in [0.1, 0.15) is 35.5 Å². The normalized spacial score (nSPS) is 12.8. The molecule has 0 aromatic carbocycles. The Hall–Kier alpha value is -1.73. The van der Waals surface area contributed by atoms with Crippen molar-refractivity contribution in [1.82, 2.24) is 9.97 Å². The molecular formula is C14H19N3O3S. The number of carboxylic acid groups (broad SMARTS) is 1. The minimum absolute atomic E-state index is 0.00134. The molecule has 2 aromatic heterocycles. The molecule has 0 fully saturated rings. The number of nitrogens with one attached hydrogen (secondary N) is 1. The van der Waals surface area contributed by atoms with Crippen LogP contribution < -0.4 is 5.32 Å². The maximum Gasteiger partial charge on any atom is 0.346 e. The van der Waals surface area contributed by atoms with E-state index in [2.05, 4.69) is 29.1 Å². The Morgan fingerprint density at radius 3 is 2.71 bits per heavy atom. The summed E-state index contributed by atoms with van der Waals surface area (Å²) in [7, 11) is 0. The van der Waals surface area contributed by atoms with Crippen LogP contribution in [0.25, 0.3) is 10.2 Å². The number of anilines is 1. The average Bonchev–Trinajstić information content (AvgIpc) is 2.76. The van der Waals surface area contributed by atoms with Crippen LogP contribution in [0.3, 0.4) is 0 Å². The summed E-state index contributed by atoms with van der Waals surface area (Å²) in [6, 6.07) is -0.115. The third-order valence-corrected chi connectivity index (χ3v) is 4.43. The maximum atomic E-state index is 11.2. The summed E-state index contributed by atoms with van der Waals surface area (Å²) < 4.78 is 0. The predicted octanol–water partition coefficient (Wildman–Crippen LogP) is 2.52. The zero-order chi connectivity index (χ0) is 15.6. The van der Waals surface area contributed by atoms with E-state index in [4.69, 9.17) is 0 Å². The highest BCUT2D eigenvalue weighted by molar-refractivity contribution is 7.20. The first-order valence-electron chi connectivity index (χ1n) is 6.78. The van der Waals surface area contributed by atoms with E-state index in [0.29, 0.717) is 22.1 Å². The Morgan fingerprint density at radius 2 is 2.14 bits per heavy atom. The molecule has 0 saturated heterocycles. The van der Waals surface area contributed by atoms with Gasteiger partial charge in [-0.2, -0.15) is 0 Å². The van der Waals surface area contributed by atoms with Crippen molar-refractivity contribution in [2.75, 3.05) is 11.9 Å². The number of carbonyl (C=O) groups is 1. The number of hydrogen-bond donors (Lipinski definition) is 3. The second-order valence-corrected chi connectivity index (χ2v) is 6.42. The van der Waals surface area contributed by atoms with Gasteiger partial charge in [-0.15, -0.1) is 11.3 Å². The van der Waals surface area contributed by atoms with Gasteiger partial charge in [-0.3, -0.25) is 0 Å². The summed E-state index contributed by atoms with van der Waals surface area (Å²) >= 11 is 1.14. The van der Waals surface area contributed by atoms with E-state index in [1.807, 2.05) is 0 Å². The van der Waals surface area contributed by atoms with Gasteiger partial charge < -0.3 is 15.5 Å². The summed E-state index contributed by atoms with van der Waals surface area (Å²) in [6.07, 6.45) is 2.22. The van der Waals surface area contributed by atoms with Crippen LogP contribution in [0.15, 0.2) is 6.33 Å². The zero-order valence-electron chi connectivity index (χ0n) is 12.3. The molecule has 0 spiro atoms. The Kier molecular flexibility index (Phi) is 4.74. The van der Waals surface area contributed by atoms with E-state index in [-0.39, 0.29) is 17.5 Å². The molecule has 2 rings (SSSR count). The molecule has 0 amide bonds. The molecule has 0 aliphatic carbocycles. The quantitative estimate of drug-likeness (QED) is 0.759. The number of aryl methyl sites for hydroxylation is 1. The standard InChI is InChI=1S/C14H19N3O3S/c1-7(2)4-9(5-18)17-12-10-8(3)11(14(19)20)21-13(10)16-6-15-12/h6-7,9,18H,4-5H2,1-3H3,(H,19,20)(H,15,16,17). The number of rotatable bonds is 6. The van der Waals surface area contributed by atoms with Gasteiger partial charge >= 0.3 is 5.97 Å². The molecule has 1 atom stereocenters. The van der Waals surface area contributed by atoms with Crippen molar-refractivity contribution < 1.29 is 15.0 Å². The Morgan fingerprint density at radius 1 is 1.43 bits per heavy atom. The summed E-state index contributed by atoms with van der Waals surface area (Å²) in [5, 5.41) is 22.6. The molecule has 1 unspecified atom stereocenters. The molecule has 7 heteroatoms. The number of nitrogens with zero attached hydrogens (tertiary/aromatic N) is 2. The van der Waals surface area contributed by atoms with Crippen molar-refractivity contribution in [2.45, 2.75) is 33.2 Å². The third-order valence-electron chi connectivity index (χ3n) is 3.24. The van der Waals surface area contributed by atoms with Crippen molar-refractivity contribution in [3.05, 3.63) is 16.8 Å². The third kappa shape index (κ3) is 3.30. The molecule has 3 N–H and O–H groups in total. The maximum absolute atomic E-state index is 11.2. The van der Waals surface area contributed by atoms with Gasteiger partial charge in [-0.1, -0.05) is 13.8 Å². The molecule has 0 bridgehead atoms. The summed E-state index contributed by atoms with van der Waals surface area (Å²) in [5.74, 6) is 0.0634. The highest BCUT2D eigenvalue weighted by atomic mass is 32.1. The molecule has 2 aromatic rings. The van der Waals surface area contributed by atoms with Crippen molar-refractivity contribution in [3.8, 4) is 0 Å². The Labute approximate surface area is 126 Å². The van der Waals surface area contributed by atoms with Crippen LogP contribution in [0, 0.1) is 12.8 Å². The number of aromatic nitrogens is 2. The minimum Gasteiger partial charge on any atom is -0.477 e. The van der Waals surface area contributed by atoms with Gasteiger partial charge in [0, 0.05) is 0 Å². The van der Waals surface area contributed by atoms with Gasteiger partial charge in [0.05, 0.1) is 18.0 Å². The van der Waals surface area contributed by atoms with Crippen LogP contribution in [0.4, 0.5) is 5.82 Å². The predicted molar refractivity (Wildman–Crippen MR) is 83.1 cm³/mol. The summed E-state index contributed by atoms with van der Waals surface area (Å²) in [6.45, 7) is 5.92. The fourth-order valence-electron chi connectivity index (χ4n) is 2.33. The van der Waals surface area contributed by atoms with Crippen molar-refractivity contribution in [1.29, 1.82) is 0 Å². The average molecular weight is 309 g/mol. The SMILES string of the molecule is Cc1c(C(=O)O)sc2ncnc(NC(CO)CC(C)C)c12. The van der Waals surface area contributed by atoms with E-state index in [1.54, 1.807) is 6.92 Å². The number of hydrogen-bond acceptors (Lipinski definition) is 6. The molecule has 0 aliphatic heterocycles. The Bertz CT molecular complexity index is 654. The van der Waals surface area contributed by atoms with Gasteiger partial charge in [0.15, 0.2) is 0 Å². The van der Waals surface area contributed by atoms with Crippen molar-refractivity contribution >= 4 is 33.3 Å². The number of aliphatic hydroxyl groups is 1. The summed E-state index contributed by atoms with van der Waals surface area (Å²) in [4.78, 5) is 20.5. The molecule has 2 heterocycles. The van der Waals surface area contributed by atoms with Gasteiger partial charge in [0.25, 0.3) is 0 Å². The second kappa shape index (κ2) is 6.36. The van der Waals surface area contributed by atoms with Crippen LogP contribution in [-0.4, -0.2) is 38.8 Å². The number of carboxylic acids is 1. The van der Waals surface area contributed by atoms with E-state index in [1.165, 1.54) is 6.33 Å². The monoisotopic (exact) mass is 309 g/mol. The van der Waals surface area contributed by atoms with Crippen LogP contribution in [-0.2, 0) is 0 Å². The van der Waals surface area contributed by atoms with E-state index >= 15 is 0 Å². The van der Waals surface area contributed by atoms with Gasteiger partial charge in [0.1, 0.15) is 21.9 Å². The minimum atomic E-state index is -0.956. The van der Waals surface area contributed by atoms with Crippen LogP contribution in [0.5, 0.6) is 0 Å². The number of fused-ring (bicyclic) bond motifs is 1. The lowest BCUT2D eigenvalue weighted by Gasteiger charge is -2.19. The Balaban J connectivity index is 2.42. The number of aromatic carboxylic acids is 1. The molecule has 0 aliphatic rings. The molecule has 6 nitrogen and oxygen atoms in total. The van der Waals surface area contributed by atoms with E-state index in [9.17, 15) is 15.0 Å². The number of thiophene rings is 1. The molecule has 114 valence electrons. The molecular weight excluding hydrogens is 290 g/mol.